The van der Waals surface area contributed by atoms with Gasteiger partial charge in [0, 0.05) is 12.6 Å². The number of ether oxygens (including phenoxy) is 1. The summed E-state index contributed by atoms with van der Waals surface area (Å²) in [5, 5.41) is 18.0. The number of aryl methyl sites for hydroxylation is 1. The zero-order valence-corrected chi connectivity index (χ0v) is 15.1. The Labute approximate surface area is 150 Å². The third-order valence-corrected chi connectivity index (χ3v) is 3.93. The quantitative estimate of drug-likeness (QED) is 0.524. The van der Waals surface area contributed by atoms with Crippen molar-refractivity contribution in [3.8, 4) is 17.4 Å². The van der Waals surface area contributed by atoms with Crippen molar-refractivity contribution in [1.29, 1.82) is 0 Å². The molecule has 0 unspecified atom stereocenters. The first-order valence-corrected chi connectivity index (χ1v) is 8.42. The van der Waals surface area contributed by atoms with Crippen molar-refractivity contribution in [1.82, 2.24) is 24.8 Å². The third kappa shape index (κ3) is 3.20. The fourth-order valence-corrected chi connectivity index (χ4v) is 2.71. The molecule has 3 aromatic heterocycles. The SMILES string of the molecule is CCn1c(-c2nonc2N)nc2c(C(C)(C)O)nc(OCCCN)cc21. The lowest BCUT2D eigenvalue weighted by Gasteiger charge is -2.18. The monoisotopic (exact) mass is 361 g/mol. The van der Waals surface area contributed by atoms with Crippen LogP contribution in [0, 0.1) is 0 Å². The maximum atomic E-state index is 10.6. The molecule has 3 aromatic rings. The second-order valence-corrected chi connectivity index (χ2v) is 6.40. The van der Waals surface area contributed by atoms with Crippen molar-refractivity contribution in [2.24, 2.45) is 5.73 Å². The van der Waals surface area contributed by atoms with E-state index in [1.165, 1.54) is 0 Å². The first-order valence-electron chi connectivity index (χ1n) is 8.42. The van der Waals surface area contributed by atoms with Gasteiger partial charge in [0.15, 0.2) is 17.3 Å². The Morgan fingerprint density at radius 3 is 2.65 bits per heavy atom. The molecule has 10 heteroatoms. The van der Waals surface area contributed by atoms with Gasteiger partial charge in [0.05, 0.1) is 12.1 Å². The molecule has 0 bridgehead atoms. The van der Waals surface area contributed by atoms with Crippen LogP contribution in [0.4, 0.5) is 5.82 Å². The molecule has 0 aliphatic heterocycles. The highest BCUT2D eigenvalue weighted by atomic mass is 16.6. The molecule has 10 nitrogen and oxygen atoms in total. The average molecular weight is 361 g/mol. The Morgan fingerprint density at radius 1 is 1.31 bits per heavy atom. The second kappa shape index (κ2) is 6.89. The molecule has 0 aliphatic rings. The van der Waals surface area contributed by atoms with Crippen LogP contribution in [0.25, 0.3) is 22.6 Å². The van der Waals surface area contributed by atoms with Crippen LogP contribution in [0.2, 0.25) is 0 Å². The molecule has 0 aliphatic carbocycles. The second-order valence-electron chi connectivity index (χ2n) is 6.40. The molecule has 3 heterocycles. The lowest BCUT2D eigenvalue weighted by molar-refractivity contribution is 0.0745. The molecule has 3 rings (SSSR count). The van der Waals surface area contributed by atoms with Gasteiger partial charge in [-0.15, -0.1) is 0 Å². The lowest BCUT2D eigenvalue weighted by atomic mass is 10.0. The van der Waals surface area contributed by atoms with Crippen molar-refractivity contribution in [3.63, 3.8) is 0 Å². The van der Waals surface area contributed by atoms with Gasteiger partial charge < -0.3 is 25.9 Å². The normalized spacial score (nSPS) is 12.0. The van der Waals surface area contributed by atoms with Gasteiger partial charge in [-0.25, -0.2) is 14.6 Å². The van der Waals surface area contributed by atoms with Gasteiger partial charge in [0.25, 0.3) is 0 Å². The van der Waals surface area contributed by atoms with Crippen LogP contribution in [0.15, 0.2) is 10.7 Å². The van der Waals surface area contributed by atoms with Crippen LogP contribution in [-0.2, 0) is 12.1 Å². The van der Waals surface area contributed by atoms with Gasteiger partial charge in [-0.05, 0) is 44.1 Å². The minimum atomic E-state index is -1.22. The number of aromatic nitrogens is 5. The minimum absolute atomic E-state index is 0.146. The zero-order valence-electron chi connectivity index (χ0n) is 15.1. The smallest absolute Gasteiger partial charge is 0.215 e. The number of imidazole rings is 1. The molecule has 140 valence electrons. The van der Waals surface area contributed by atoms with E-state index in [2.05, 4.69) is 20.3 Å². The molecular formula is C16H23N7O3. The summed E-state index contributed by atoms with van der Waals surface area (Å²) in [5.41, 5.74) is 12.2. The number of nitrogens with zero attached hydrogens (tertiary/aromatic N) is 5. The maximum absolute atomic E-state index is 10.6. The van der Waals surface area contributed by atoms with E-state index in [9.17, 15) is 5.11 Å². The van der Waals surface area contributed by atoms with Gasteiger partial charge in [-0.1, -0.05) is 0 Å². The summed E-state index contributed by atoms with van der Waals surface area (Å²) in [6, 6.07) is 1.78. The minimum Gasteiger partial charge on any atom is -0.478 e. The summed E-state index contributed by atoms with van der Waals surface area (Å²) < 4.78 is 12.3. The standard InChI is InChI=1S/C16H23N7O3/c1-4-23-9-8-10(25-7-5-6-17)19-13(16(2,3)24)11(9)20-15(23)12-14(18)22-26-21-12/h8,24H,4-7,17H2,1-3H3,(H2,18,22). The maximum Gasteiger partial charge on any atom is 0.215 e. The van der Waals surface area contributed by atoms with Crippen LogP contribution < -0.4 is 16.2 Å². The van der Waals surface area contributed by atoms with E-state index < -0.39 is 5.60 Å². The molecule has 5 N–H and O–H groups in total. The predicted octanol–water partition coefficient (Wildman–Crippen LogP) is 1.04. The Morgan fingerprint density at radius 2 is 2.08 bits per heavy atom. The van der Waals surface area contributed by atoms with Crippen LogP contribution in [0.5, 0.6) is 5.88 Å². The van der Waals surface area contributed by atoms with E-state index in [1.807, 2.05) is 11.5 Å². The number of rotatable bonds is 7. The molecule has 0 saturated heterocycles. The summed E-state index contributed by atoms with van der Waals surface area (Å²) >= 11 is 0. The molecule has 26 heavy (non-hydrogen) atoms. The summed E-state index contributed by atoms with van der Waals surface area (Å²) in [6.45, 7) is 6.82. The highest BCUT2D eigenvalue weighted by Gasteiger charge is 2.28. The first-order chi connectivity index (χ1) is 12.4. The number of hydrogen-bond acceptors (Lipinski definition) is 9. The number of pyridine rings is 1. The van der Waals surface area contributed by atoms with Gasteiger partial charge in [0.1, 0.15) is 16.8 Å². The highest BCUT2D eigenvalue weighted by Crippen LogP contribution is 2.33. The summed E-state index contributed by atoms with van der Waals surface area (Å²) in [5.74, 6) is 1.04. The summed E-state index contributed by atoms with van der Waals surface area (Å²) in [4.78, 5) is 9.07. The summed E-state index contributed by atoms with van der Waals surface area (Å²) in [7, 11) is 0. The molecule has 0 aromatic carbocycles. The zero-order chi connectivity index (χ0) is 18.9. The number of aliphatic hydroxyl groups is 1. The number of anilines is 1. The van der Waals surface area contributed by atoms with Crippen LogP contribution in [-0.4, -0.2) is 43.1 Å². The van der Waals surface area contributed by atoms with E-state index in [4.69, 9.17) is 20.8 Å². The van der Waals surface area contributed by atoms with E-state index in [-0.39, 0.29) is 5.82 Å². The van der Waals surface area contributed by atoms with Gasteiger partial charge >= 0.3 is 0 Å². The topological polar surface area (TPSA) is 151 Å². The Balaban J connectivity index is 2.23. The van der Waals surface area contributed by atoms with Gasteiger partial charge in [-0.3, -0.25) is 0 Å². The first kappa shape index (κ1) is 18.1. The van der Waals surface area contributed by atoms with Crippen LogP contribution in [0.3, 0.4) is 0 Å². The number of fused-ring (bicyclic) bond motifs is 1. The molecule has 0 spiro atoms. The highest BCUT2D eigenvalue weighted by molar-refractivity contribution is 5.84. The van der Waals surface area contributed by atoms with Crippen molar-refractivity contribution < 1.29 is 14.5 Å². The third-order valence-electron chi connectivity index (χ3n) is 3.93. The Kier molecular flexibility index (Phi) is 4.79. The molecule has 0 saturated carbocycles. The molecule has 0 fully saturated rings. The molecule has 0 amide bonds. The number of hydrogen-bond donors (Lipinski definition) is 3. The fourth-order valence-electron chi connectivity index (χ4n) is 2.71. The molecule has 0 atom stereocenters. The summed E-state index contributed by atoms with van der Waals surface area (Å²) in [6.07, 6.45) is 0.705. The van der Waals surface area contributed by atoms with Crippen molar-refractivity contribution >= 4 is 16.9 Å². The van der Waals surface area contributed by atoms with Crippen molar-refractivity contribution in [3.05, 3.63) is 11.8 Å². The molecule has 0 radical (unpaired) electrons. The van der Waals surface area contributed by atoms with Gasteiger partial charge in [0.2, 0.25) is 5.88 Å². The van der Waals surface area contributed by atoms with Crippen molar-refractivity contribution in [2.45, 2.75) is 39.3 Å². The number of nitrogens with two attached hydrogens (primary N) is 2. The van der Waals surface area contributed by atoms with Gasteiger partial charge in [-0.2, -0.15) is 0 Å². The van der Waals surface area contributed by atoms with Crippen LogP contribution in [0.1, 0.15) is 32.9 Å². The van der Waals surface area contributed by atoms with E-state index in [0.29, 0.717) is 54.7 Å². The lowest BCUT2D eigenvalue weighted by Crippen LogP contribution is -2.19. The van der Waals surface area contributed by atoms with E-state index in [0.717, 1.165) is 5.52 Å². The van der Waals surface area contributed by atoms with Crippen molar-refractivity contribution in [2.75, 3.05) is 18.9 Å². The fraction of sp³-hybridized carbons (Fsp3) is 0.500. The van der Waals surface area contributed by atoms with E-state index in [1.54, 1.807) is 19.9 Å². The Bertz CT molecular complexity index is 911. The number of nitrogen functional groups attached to an aromatic ring is 1. The average Bonchev–Trinajstić information content (AvgIpc) is 3.16. The predicted molar refractivity (Wildman–Crippen MR) is 95.3 cm³/mol. The largest absolute Gasteiger partial charge is 0.478 e. The van der Waals surface area contributed by atoms with Crippen LogP contribution >= 0.6 is 0 Å². The molecular weight excluding hydrogens is 338 g/mol. The Hall–Kier alpha value is -2.72. The van der Waals surface area contributed by atoms with E-state index >= 15 is 0 Å².